The summed E-state index contributed by atoms with van der Waals surface area (Å²) in [5.74, 6) is -0.0628. The second kappa shape index (κ2) is 6.90. The molecule has 0 saturated heterocycles. The van der Waals surface area contributed by atoms with Crippen LogP contribution in [0.4, 0.5) is 0 Å². The van der Waals surface area contributed by atoms with Crippen LogP contribution in [0.3, 0.4) is 0 Å². The number of halogens is 2. The van der Waals surface area contributed by atoms with Gasteiger partial charge in [0.25, 0.3) is 5.91 Å². The molecule has 0 saturated carbocycles. The van der Waals surface area contributed by atoms with E-state index in [2.05, 4.69) is 26.3 Å². The minimum Gasteiger partial charge on any atom is -0.352 e. The molecule has 1 N–H and O–H groups in total. The summed E-state index contributed by atoms with van der Waals surface area (Å²) in [4.78, 5) is 11.9. The maximum Gasteiger partial charge on any atom is 0.251 e. The highest BCUT2D eigenvalue weighted by Gasteiger charge is 2.05. The Labute approximate surface area is 131 Å². The number of hydrogen-bond donors (Lipinski definition) is 1. The van der Waals surface area contributed by atoms with Crippen molar-refractivity contribution in [1.82, 2.24) is 15.1 Å². The number of nitrogens with one attached hydrogen (secondary N) is 1. The average Bonchev–Trinajstić information content (AvgIpc) is 2.74. The Kier molecular flexibility index (Phi) is 5.20. The minimum atomic E-state index is -0.0628. The van der Waals surface area contributed by atoms with Gasteiger partial charge < -0.3 is 5.32 Å². The Hall–Kier alpha value is -1.33. The highest BCUT2D eigenvalue weighted by molar-refractivity contribution is 9.10. The largest absolute Gasteiger partial charge is 0.352 e. The lowest BCUT2D eigenvalue weighted by atomic mass is 10.2. The van der Waals surface area contributed by atoms with Crippen LogP contribution < -0.4 is 5.32 Å². The van der Waals surface area contributed by atoms with Crippen molar-refractivity contribution >= 4 is 33.4 Å². The number of carbonyl (C=O) groups excluding carboxylic acids is 1. The zero-order valence-electron chi connectivity index (χ0n) is 11.1. The lowest BCUT2D eigenvalue weighted by Crippen LogP contribution is -2.25. The van der Waals surface area contributed by atoms with Crippen LogP contribution in [0.2, 0.25) is 5.02 Å². The predicted octanol–water partition coefficient (Wildman–Crippen LogP) is 3.43. The second-order valence-electron chi connectivity index (χ2n) is 4.44. The summed E-state index contributed by atoms with van der Waals surface area (Å²) in [5, 5.41) is 7.81. The summed E-state index contributed by atoms with van der Waals surface area (Å²) < 4.78 is 2.75. The Bertz CT molecular complexity index is 575. The smallest absolute Gasteiger partial charge is 0.251 e. The van der Waals surface area contributed by atoms with Crippen molar-refractivity contribution < 1.29 is 4.79 Å². The van der Waals surface area contributed by atoms with Gasteiger partial charge in [-0.15, -0.1) is 0 Å². The number of rotatable bonds is 5. The van der Waals surface area contributed by atoms with Crippen molar-refractivity contribution in [3.8, 4) is 0 Å². The van der Waals surface area contributed by atoms with Gasteiger partial charge in [0.2, 0.25) is 0 Å². The van der Waals surface area contributed by atoms with E-state index in [1.165, 1.54) is 0 Å². The van der Waals surface area contributed by atoms with Gasteiger partial charge in [-0.25, -0.2) is 0 Å². The first-order valence-electron chi connectivity index (χ1n) is 6.29. The van der Waals surface area contributed by atoms with Crippen molar-refractivity contribution in [2.45, 2.75) is 19.9 Å². The van der Waals surface area contributed by atoms with Crippen molar-refractivity contribution in [3.63, 3.8) is 0 Å². The molecule has 6 heteroatoms. The molecule has 106 valence electrons. The van der Waals surface area contributed by atoms with Crippen molar-refractivity contribution in [1.29, 1.82) is 0 Å². The van der Waals surface area contributed by atoms with Crippen molar-refractivity contribution in [2.24, 2.45) is 0 Å². The van der Waals surface area contributed by atoms with Gasteiger partial charge in [-0.05, 0) is 37.6 Å². The summed E-state index contributed by atoms with van der Waals surface area (Å²) in [5.41, 5.74) is 1.48. The number of amides is 1. The van der Waals surface area contributed by atoms with Crippen LogP contribution in [0.5, 0.6) is 0 Å². The van der Waals surface area contributed by atoms with E-state index >= 15 is 0 Å². The Morgan fingerprint density at radius 1 is 1.40 bits per heavy atom. The molecular formula is C14H15BrClN3O. The van der Waals surface area contributed by atoms with Gasteiger partial charge in [-0.2, -0.15) is 5.10 Å². The maximum atomic E-state index is 11.9. The number of benzene rings is 1. The fraction of sp³-hybridized carbons (Fsp3) is 0.286. The van der Waals surface area contributed by atoms with E-state index in [0.29, 0.717) is 17.1 Å². The molecular weight excluding hydrogens is 342 g/mol. The molecule has 0 aliphatic heterocycles. The maximum absolute atomic E-state index is 11.9. The third-order valence-corrected chi connectivity index (χ3v) is 3.74. The van der Waals surface area contributed by atoms with E-state index in [1.807, 2.05) is 19.1 Å². The summed E-state index contributed by atoms with van der Waals surface area (Å²) in [6.07, 6.45) is 2.60. The van der Waals surface area contributed by atoms with E-state index in [0.717, 1.165) is 23.1 Å². The molecule has 2 rings (SSSR count). The zero-order valence-corrected chi connectivity index (χ0v) is 13.4. The summed E-state index contributed by atoms with van der Waals surface area (Å²) in [6.45, 7) is 3.20. The molecule has 1 aromatic carbocycles. The van der Waals surface area contributed by atoms with Crippen LogP contribution in [-0.4, -0.2) is 22.2 Å². The molecule has 20 heavy (non-hydrogen) atoms. The van der Waals surface area contributed by atoms with Crippen LogP contribution >= 0.6 is 27.5 Å². The fourth-order valence-electron chi connectivity index (χ4n) is 1.75. The topological polar surface area (TPSA) is 46.9 Å². The SMILES string of the molecule is Cc1nn(CCCNC(=O)c2ccc(Br)cc2)cc1Cl. The summed E-state index contributed by atoms with van der Waals surface area (Å²) in [6, 6.07) is 7.28. The molecule has 1 amide bonds. The number of aromatic nitrogens is 2. The lowest BCUT2D eigenvalue weighted by molar-refractivity contribution is 0.0952. The monoisotopic (exact) mass is 355 g/mol. The minimum absolute atomic E-state index is 0.0628. The van der Waals surface area contributed by atoms with Crippen molar-refractivity contribution in [2.75, 3.05) is 6.54 Å². The molecule has 0 radical (unpaired) electrons. The first-order valence-corrected chi connectivity index (χ1v) is 7.46. The predicted molar refractivity (Wildman–Crippen MR) is 83.1 cm³/mol. The molecule has 0 aliphatic rings. The summed E-state index contributed by atoms with van der Waals surface area (Å²) >= 11 is 9.27. The quantitative estimate of drug-likeness (QED) is 0.834. The first-order chi connectivity index (χ1) is 9.56. The van der Waals surface area contributed by atoms with E-state index < -0.39 is 0 Å². The van der Waals surface area contributed by atoms with Gasteiger partial charge >= 0.3 is 0 Å². The normalized spacial score (nSPS) is 10.6. The van der Waals surface area contributed by atoms with Crippen LogP contribution in [-0.2, 0) is 6.54 Å². The van der Waals surface area contributed by atoms with E-state index in [9.17, 15) is 4.79 Å². The molecule has 4 nitrogen and oxygen atoms in total. The molecule has 1 aromatic heterocycles. The number of carbonyl (C=O) groups is 1. The molecule has 1 heterocycles. The summed E-state index contributed by atoms with van der Waals surface area (Å²) in [7, 11) is 0. The van der Waals surface area contributed by atoms with Crippen LogP contribution in [0.25, 0.3) is 0 Å². The molecule has 0 spiro atoms. The molecule has 0 aliphatic carbocycles. The number of aryl methyl sites for hydroxylation is 2. The zero-order chi connectivity index (χ0) is 14.5. The Morgan fingerprint density at radius 3 is 2.70 bits per heavy atom. The van der Waals surface area contributed by atoms with Crippen LogP contribution in [0, 0.1) is 6.92 Å². The molecule has 0 bridgehead atoms. The fourth-order valence-corrected chi connectivity index (χ4v) is 2.17. The average molecular weight is 357 g/mol. The highest BCUT2D eigenvalue weighted by atomic mass is 79.9. The van der Waals surface area contributed by atoms with Crippen molar-refractivity contribution in [3.05, 3.63) is 51.2 Å². The third-order valence-electron chi connectivity index (χ3n) is 2.84. The van der Waals surface area contributed by atoms with Gasteiger partial charge in [0.05, 0.1) is 10.7 Å². The van der Waals surface area contributed by atoms with Gasteiger partial charge in [0, 0.05) is 29.3 Å². The first kappa shape index (κ1) is 15.1. The van der Waals surface area contributed by atoms with E-state index in [1.54, 1.807) is 23.0 Å². The Morgan fingerprint density at radius 2 is 2.10 bits per heavy atom. The van der Waals surface area contributed by atoms with Gasteiger partial charge in [-0.1, -0.05) is 27.5 Å². The Balaban J connectivity index is 1.75. The van der Waals surface area contributed by atoms with Gasteiger partial charge in [0.15, 0.2) is 0 Å². The van der Waals surface area contributed by atoms with Gasteiger partial charge in [0.1, 0.15) is 0 Å². The molecule has 0 fully saturated rings. The molecule has 0 unspecified atom stereocenters. The van der Waals surface area contributed by atoms with Gasteiger partial charge in [-0.3, -0.25) is 9.48 Å². The standard InChI is InChI=1S/C14H15BrClN3O/c1-10-13(16)9-19(18-10)8-2-7-17-14(20)11-3-5-12(15)6-4-11/h3-6,9H,2,7-8H2,1H3,(H,17,20). The lowest BCUT2D eigenvalue weighted by Gasteiger charge is -2.05. The molecule has 2 aromatic rings. The van der Waals surface area contributed by atoms with E-state index in [4.69, 9.17) is 11.6 Å². The number of hydrogen-bond acceptors (Lipinski definition) is 2. The molecule has 0 atom stereocenters. The number of nitrogens with zero attached hydrogens (tertiary/aromatic N) is 2. The third kappa shape index (κ3) is 4.08. The second-order valence-corrected chi connectivity index (χ2v) is 5.76. The van der Waals surface area contributed by atoms with Crippen LogP contribution in [0.1, 0.15) is 22.5 Å². The van der Waals surface area contributed by atoms with E-state index in [-0.39, 0.29) is 5.91 Å². The highest BCUT2D eigenvalue weighted by Crippen LogP contribution is 2.12. The van der Waals surface area contributed by atoms with Crippen LogP contribution in [0.15, 0.2) is 34.9 Å².